The number of amides is 1. The van der Waals surface area contributed by atoms with E-state index < -0.39 is 5.91 Å². The van der Waals surface area contributed by atoms with E-state index in [0.717, 1.165) is 11.1 Å². The van der Waals surface area contributed by atoms with Gasteiger partial charge < -0.3 is 14.8 Å². The van der Waals surface area contributed by atoms with Crippen LogP contribution >= 0.6 is 0 Å². The molecule has 3 aromatic rings. The summed E-state index contributed by atoms with van der Waals surface area (Å²) in [5.74, 6) is 0.640. The summed E-state index contributed by atoms with van der Waals surface area (Å²) >= 11 is 0. The minimum atomic E-state index is -0.464. The molecular formula is C26H24N2O3. The number of methoxy groups -OCH3 is 1. The molecule has 0 aromatic heterocycles. The van der Waals surface area contributed by atoms with Crippen LogP contribution in [0.4, 0.5) is 5.69 Å². The van der Waals surface area contributed by atoms with Gasteiger partial charge in [0.15, 0.2) is 11.5 Å². The van der Waals surface area contributed by atoms with Crippen LogP contribution in [0.15, 0.2) is 78.4 Å². The average Bonchev–Trinajstić information content (AvgIpc) is 2.80. The number of rotatable bonds is 7. The van der Waals surface area contributed by atoms with Gasteiger partial charge in [0.25, 0.3) is 5.91 Å². The Bertz CT molecular complexity index is 1130. The molecule has 31 heavy (non-hydrogen) atoms. The summed E-state index contributed by atoms with van der Waals surface area (Å²) in [6, 6.07) is 24.6. The van der Waals surface area contributed by atoms with E-state index in [1.54, 1.807) is 31.4 Å². The van der Waals surface area contributed by atoms with E-state index in [2.05, 4.69) is 5.32 Å². The standard InChI is InChI=1S/C26H24N2O3/c1-18-9-7-8-12-23(18)28-26(29)22(17-27)15-20-13-14-24(25(16-20)30-3)31-19(2)21-10-5-4-6-11-21/h4-16,19H,1-3H3,(H,28,29)/b22-15+. The van der Waals surface area contributed by atoms with E-state index in [1.807, 2.05) is 68.4 Å². The Morgan fingerprint density at radius 3 is 2.42 bits per heavy atom. The first-order valence-electron chi connectivity index (χ1n) is 9.90. The maximum atomic E-state index is 12.6. The molecule has 0 aliphatic heterocycles. The Hall–Kier alpha value is -4.04. The third-order valence-electron chi connectivity index (χ3n) is 4.83. The number of benzene rings is 3. The van der Waals surface area contributed by atoms with Gasteiger partial charge in [-0.15, -0.1) is 0 Å². The number of hydrogen-bond donors (Lipinski definition) is 1. The minimum Gasteiger partial charge on any atom is -0.493 e. The number of nitrogens with one attached hydrogen (secondary N) is 1. The van der Waals surface area contributed by atoms with Crippen molar-refractivity contribution in [3.05, 3.63) is 95.1 Å². The largest absolute Gasteiger partial charge is 0.493 e. The van der Waals surface area contributed by atoms with Gasteiger partial charge in [-0.2, -0.15) is 5.26 Å². The lowest BCUT2D eigenvalue weighted by Crippen LogP contribution is -2.14. The van der Waals surface area contributed by atoms with Crippen molar-refractivity contribution in [2.75, 3.05) is 12.4 Å². The Kier molecular flexibility index (Phi) is 7.08. The highest BCUT2D eigenvalue weighted by Crippen LogP contribution is 2.32. The van der Waals surface area contributed by atoms with Crippen molar-refractivity contribution in [1.29, 1.82) is 5.26 Å². The molecule has 5 nitrogen and oxygen atoms in total. The zero-order valence-electron chi connectivity index (χ0n) is 17.8. The van der Waals surface area contributed by atoms with E-state index in [9.17, 15) is 10.1 Å². The number of aryl methyl sites for hydroxylation is 1. The molecule has 1 N–H and O–H groups in total. The van der Waals surface area contributed by atoms with Gasteiger partial charge in [-0.25, -0.2) is 0 Å². The molecule has 0 spiro atoms. The van der Waals surface area contributed by atoms with Gasteiger partial charge in [0.2, 0.25) is 0 Å². The highest BCUT2D eigenvalue weighted by molar-refractivity contribution is 6.10. The average molecular weight is 412 g/mol. The summed E-state index contributed by atoms with van der Waals surface area (Å²) in [6.07, 6.45) is 1.37. The predicted molar refractivity (Wildman–Crippen MR) is 122 cm³/mol. The summed E-state index contributed by atoms with van der Waals surface area (Å²) < 4.78 is 11.5. The number of nitrogens with zero attached hydrogens (tertiary/aromatic N) is 1. The Morgan fingerprint density at radius 1 is 1.03 bits per heavy atom. The first-order chi connectivity index (χ1) is 15.0. The van der Waals surface area contributed by atoms with Gasteiger partial charge in [0, 0.05) is 5.69 Å². The van der Waals surface area contributed by atoms with Crippen LogP contribution in [-0.4, -0.2) is 13.0 Å². The van der Waals surface area contributed by atoms with E-state index in [0.29, 0.717) is 22.7 Å². The minimum absolute atomic E-state index is 0.00312. The van der Waals surface area contributed by atoms with Crippen molar-refractivity contribution in [2.45, 2.75) is 20.0 Å². The SMILES string of the molecule is COc1cc(/C=C(\C#N)C(=O)Nc2ccccc2C)ccc1OC(C)c1ccccc1. The van der Waals surface area contributed by atoms with Crippen molar-refractivity contribution in [2.24, 2.45) is 0 Å². The monoisotopic (exact) mass is 412 g/mol. The Morgan fingerprint density at radius 2 is 1.74 bits per heavy atom. The zero-order chi connectivity index (χ0) is 22.2. The van der Waals surface area contributed by atoms with Crippen LogP contribution in [0.5, 0.6) is 11.5 Å². The van der Waals surface area contributed by atoms with Gasteiger partial charge in [0.05, 0.1) is 7.11 Å². The molecule has 0 radical (unpaired) electrons. The van der Waals surface area contributed by atoms with Crippen LogP contribution in [0.25, 0.3) is 6.08 Å². The molecule has 3 aromatic carbocycles. The lowest BCUT2D eigenvalue weighted by molar-refractivity contribution is -0.112. The fourth-order valence-electron chi connectivity index (χ4n) is 3.07. The van der Waals surface area contributed by atoms with Gasteiger partial charge >= 0.3 is 0 Å². The number of hydrogen-bond acceptors (Lipinski definition) is 4. The van der Waals surface area contributed by atoms with Gasteiger partial charge in [-0.3, -0.25) is 4.79 Å². The topological polar surface area (TPSA) is 71.3 Å². The third kappa shape index (κ3) is 5.52. The lowest BCUT2D eigenvalue weighted by atomic mass is 10.1. The molecule has 0 aliphatic carbocycles. The van der Waals surface area contributed by atoms with E-state index in [1.165, 1.54) is 6.08 Å². The Labute approximate surface area is 182 Å². The smallest absolute Gasteiger partial charge is 0.266 e. The maximum absolute atomic E-state index is 12.6. The third-order valence-corrected chi connectivity index (χ3v) is 4.83. The first-order valence-corrected chi connectivity index (χ1v) is 9.90. The molecule has 1 atom stereocenters. The van der Waals surface area contributed by atoms with Crippen molar-refractivity contribution in [1.82, 2.24) is 0 Å². The molecule has 156 valence electrons. The molecule has 0 aliphatic rings. The van der Waals surface area contributed by atoms with E-state index in [4.69, 9.17) is 9.47 Å². The number of carbonyl (C=O) groups is 1. The normalized spacial score (nSPS) is 11.9. The van der Waals surface area contributed by atoms with Crippen molar-refractivity contribution < 1.29 is 14.3 Å². The summed E-state index contributed by atoms with van der Waals surface area (Å²) in [4.78, 5) is 12.6. The van der Waals surface area contributed by atoms with Crippen molar-refractivity contribution in [3.63, 3.8) is 0 Å². The Balaban J connectivity index is 1.80. The van der Waals surface area contributed by atoms with Crippen LogP contribution in [0, 0.1) is 18.3 Å². The molecular weight excluding hydrogens is 388 g/mol. The molecule has 0 bridgehead atoms. The molecule has 0 fully saturated rings. The molecule has 3 rings (SSSR count). The van der Waals surface area contributed by atoms with Gasteiger partial charge in [-0.1, -0.05) is 54.6 Å². The molecule has 0 saturated heterocycles. The number of para-hydroxylation sites is 1. The van der Waals surface area contributed by atoms with Gasteiger partial charge in [-0.05, 0) is 54.8 Å². The molecule has 0 heterocycles. The number of carbonyl (C=O) groups excluding carboxylic acids is 1. The summed E-state index contributed by atoms with van der Waals surface area (Å²) in [5, 5.41) is 12.3. The second-order valence-electron chi connectivity index (χ2n) is 7.02. The van der Waals surface area contributed by atoms with Crippen molar-refractivity contribution >= 4 is 17.7 Å². The van der Waals surface area contributed by atoms with E-state index >= 15 is 0 Å². The molecule has 1 unspecified atom stereocenters. The maximum Gasteiger partial charge on any atom is 0.266 e. The van der Waals surface area contributed by atoms with Crippen molar-refractivity contribution in [3.8, 4) is 17.6 Å². The summed E-state index contributed by atoms with van der Waals surface area (Å²) in [7, 11) is 1.55. The number of nitriles is 1. The fourth-order valence-corrected chi connectivity index (χ4v) is 3.07. The lowest BCUT2D eigenvalue weighted by Gasteiger charge is -2.17. The second-order valence-corrected chi connectivity index (χ2v) is 7.02. The van der Waals surface area contributed by atoms with Crippen LogP contribution in [0.1, 0.15) is 29.7 Å². The molecule has 0 saturated carbocycles. The van der Waals surface area contributed by atoms with Crippen LogP contribution in [0.2, 0.25) is 0 Å². The molecule has 1 amide bonds. The van der Waals surface area contributed by atoms with Crippen LogP contribution in [0.3, 0.4) is 0 Å². The summed E-state index contributed by atoms with van der Waals surface area (Å²) in [6.45, 7) is 3.86. The van der Waals surface area contributed by atoms with Crippen LogP contribution in [-0.2, 0) is 4.79 Å². The molecule has 5 heteroatoms. The first kappa shape index (κ1) is 21.7. The second kappa shape index (κ2) is 10.1. The summed E-state index contributed by atoms with van der Waals surface area (Å²) in [5.41, 5.74) is 3.30. The highest BCUT2D eigenvalue weighted by Gasteiger charge is 2.14. The number of anilines is 1. The van der Waals surface area contributed by atoms with Gasteiger partial charge in [0.1, 0.15) is 17.7 Å². The predicted octanol–water partition coefficient (Wildman–Crippen LogP) is 5.69. The fraction of sp³-hybridized carbons (Fsp3) is 0.154. The quantitative estimate of drug-likeness (QED) is 0.400. The van der Waals surface area contributed by atoms with Crippen LogP contribution < -0.4 is 14.8 Å². The van der Waals surface area contributed by atoms with E-state index in [-0.39, 0.29) is 11.7 Å². The highest BCUT2D eigenvalue weighted by atomic mass is 16.5. The number of ether oxygens (including phenoxy) is 2. The zero-order valence-corrected chi connectivity index (χ0v) is 17.8.